The summed E-state index contributed by atoms with van der Waals surface area (Å²) in [6, 6.07) is 8.01. The van der Waals surface area contributed by atoms with Crippen LogP contribution in [0.2, 0.25) is 23.2 Å². The molecule has 144 valence electrons. The number of allylic oxidation sites excluding steroid dienone is 1. The summed E-state index contributed by atoms with van der Waals surface area (Å²) >= 11 is 6.02. The second-order valence-electron chi connectivity index (χ2n) is 9.03. The molecule has 2 unspecified atom stereocenters. The summed E-state index contributed by atoms with van der Waals surface area (Å²) in [6.07, 6.45) is 8.86. The molecule has 0 aromatic heterocycles. The van der Waals surface area contributed by atoms with Crippen molar-refractivity contribution in [2.24, 2.45) is 5.92 Å². The van der Waals surface area contributed by atoms with E-state index in [1.807, 2.05) is 12.1 Å². The predicted molar refractivity (Wildman–Crippen MR) is 113 cm³/mol. The molecule has 1 saturated carbocycles. The van der Waals surface area contributed by atoms with Gasteiger partial charge in [-0.2, -0.15) is 0 Å². The molecule has 0 bridgehead atoms. The van der Waals surface area contributed by atoms with E-state index in [0.29, 0.717) is 18.1 Å². The van der Waals surface area contributed by atoms with E-state index in [4.69, 9.17) is 16.0 Å². The molecule has 4 heteroatoms. The molecule has 1 aromatic rings. The quantitative estimate of drug-likeness (QED) is 0.403. The fraction of sp³-hybridized carbons (Fsp3) is 0.591. The van der Waals surface area contributed by atoms with Crippen LogP contribution in [0.5, 0.6) is 0 Å². The maximum absolute atomic E-state index is 11.7. The molecule has 26 heavy (non-hydrogen) atoms. The number of hydrogen-bond acceptors (Lipinski definition) is 2. The van der Waals surface area contributed by atoms with Gasteiger partial charge in [0.1, 0.15) is 5.78 Å². The Bertz CT molecular complexity index is 629. The van der Waals surface area contributed by atoms with Gasteiger partial charge in [-0.3, -0.25) is 4.79 Å². The van der Waals surface area contributed by atoms with Gasteiger partial charge in [0.2, 0.25) is 0 Å². The van der Waals surface area contributed by atoms with E-state index in [1.165, 1.54) is 5.56 Å². The third-order valence-electron chi connectivity index (χ3n) is 5.72. The molecular weight excluding hydrogens is 360 g/mol. The molecule has 0 N–H and O–H groups in total. The highest BCUT2D eigenvalue weighted by Crippen LogP contribution is 2.38. The lowest BCUT2D eigenvalue weighted by atomic mass is 9.88. The number of rotatable bonds is 6. The Balaban J connectivity index is 2.14. The first-order valence-corrected chi connectivity index (χ1v) is 13.0. The standard InChI is InChI=1S/C22H33ClO2Si/c1-22(2,3)26(4,5)25-21(16-18-9-12-19(23)13-10-18)14-11-17-7-6-8-20(24)15-17/h9-14,17,21H,6-8,15-16H2,1-5H3/b14-11+. The average molecular weight is 393 g/mol. The van der Waals surface area contributed by atoms with Crippen molar-refractivity contribution in [1.82, 2.24) is 0 Å². The summed E-state index contributed by atoms with van der Waals surface area (Å²) < 4.78 is 6.69. The molecule has 0 aliphatic heterocycles. The van der Waals surface area contributed by atoms with Crippen molar-refractivity contribution in [2.75, 3.05) is 0 Å². The fourth-order valence-corrected chi connectivity index (χ4v) is 4.46. The van der Waals surface area contributed by atoms with E-state index in [0.717, 1.165) is 30.7 Å². The van der Waals surface area contributed by atoms with Crippen LogP contribution in [-0.4, -0.2) is 20.2 Å². The Labute approximate surface area is 165 Å². The van der Waals surface area contributed by atoms with Crippen molar-refractivity contribution in [1.29, 1.82) is 0 Å². The van der Waals surface area contributed by atoms with E-state index >= 15 is 0 Å². The van der Waals surface area contributed by atoms with Gasteiger partial charge in [-0.05, 0) is 54.6 Å². The van der Waals surface area contributed by atoms with Crippen LogP contribution in [-0.2, 0) is 15.6 Å². The maximum atomic E-state index is 11.7. The van der Waals surface area contributed by atoms with Crippen LogP contribution in [0.3, 0.4) is 0 Å². The second kappa shape index (κ2) is 8.86. The Hall–Kier alpha value is -0.903. The maximum Gasteiger partial charge on any atom is 0.192 e. The minimum Gasteiger partial charge on any atom is -0.410 e. The van der Waals surface area contributed by atoms with Crippen LogP contribution in [0, 0.1) is 5.92 Å². The van der Waals surface area contributed by atoms with Gasteiger partial charge in [0.25, 0.3) is 0 Å². The lowest BCUT2D eigenvalue weighted by Crippen LogP contribution is -2.44. The van der Waals surface area contributed by atoms with Crippen molar-refractivity contribution in [3.05, 3.63) is 47.0 Å². The zero-order valence-electron chi connectivity index (χ0n) is 16.8. The minimum atomic E-state index is -1.88. The van der Waals surface area contributed by atoms with Crippen LogP contribution in [0.1, 0.15) is 52.0 Å². The molecule has 0 spiro atoms. The van der Waals surface area contributed by atoms with Gasteiger partial charge in [0.05, 0.1) is 6.10 Å². The third-order valence-corrected chi connectivity index (χ3v) is 10.5. The van der Waals surface area contributed by atoms with Gasteiger partial charge in [-0.25, -0.2) is 0 Å². The van der Waals surface area contributed by atoms with Gasteiger partial charge >= 0.3 is 0 Å². The van der Waals surface area contributed by atoms with Crippen LogP contribution in [0.4, 0.5) is 0 Å². The summed E-state index contributed by atoms with van der Waals surface area (Å²) in [4.78, 5) is 11.7. The number of carbonyl (C=O) groups is 1. The van der Waals surface area contributed by atoms with Gasteiger partial charge in [-0.15, -0.1) is 0 Å². The van der Waals surface area contributed by atoms with E-state index in [-0.39, 0.29) is 11.1 Å². The highest BCUT2D eigenvalue weighted by Gasteiger charge is 2.38. The molecule has 0 radical (unpaired) electrons. The number of ketones is 1. The first-order chi connectivity index (χ1) is 12.1. The SMILES string of the molecule is CC(C)(C)[Si](C)(C)OC(/C=C/C1CCCC(=O)C1)Cc1ccc(Cl)cc1. The molecule has 2 atom stereocenters. The molecule has 1 aliphatic rings. The van der Waals surface area contributed by atoms with Crippen molar-refractivity contribution in [2.45, 2.75) is 77.1 Å². The predicted octanol–water partition coefficient (Wildman–Crippen LogP) is 6.59. The molecule has 1 aromatic carbocycles. The number of halogens is 1. The lowest BCUT2D eigenvalue weighted by molar-refractivity contribution is -0.121. The highest BCUT2D eigenvalue weighted by molar-refractivity contribution is 6.74. The van der Waals surface area contributed by atoms with Crippen LogP contribution < -0.4 is 0 Å². The second-order valence-corrected chi connectivity index (χ2v) is 14.2. The summed E-state index contributed by atoms with van der Waals surface area (Å²) in [6.45, 7) is 11.4. The summed E-state index contributed by atoms with van der Waals surface area (Å²) in [5.74, 6) is 0.762. The van der Waals surface area contributed by atoms with Gasteiger partial charge in [0, 0.05) is 24.3 Å². The summed E-state index contributed by atoms with van der Waals surface area (Å²) in [5, 5.41) is 0.923. The van der Waals surface area contributed by atoms with Crippen molar-refractivity contribution in [3.63, 3.8) is 0 Å². The summed E-state index contributed by atoms with van der Waals surface area (Å²) in [7, 11) is -1.88. The van der Waals surface area contributed by atoms with Crippen LogP contribution in [0.15, 0.2) is 36.4 Å². The largest absolute Gasteiger partial charge is 0.410 e. The molecule has 0 saturated heterocycles. The monoisotopic (exact) mass is 392 g/mol. The Morgan fingerprint density at radius 1 is 1.27 bits per heavy atom. The number of hydrogen-bond donors (Lipinski definition) is 0. The van der Waals surface area contributed by atoms with E-state index in [2.05, 4.69) is 58.2 Å². The van der Waals surface area contributed by atoms with Crippen molar-refractivity contribution >= 4 is 25.7 Å². The number of carbonyl (C=O) groups excluding carboxylic acids is 1. The third kappa shape index (κ3) is 6.36. The first-order valence-electron chi connectivity index (χ1n) is 9.69. The Kier molecular flexibility index (Phi) is 7.29. The average Bonchev–Trinajstić information content (AvgIpc) is 2.53. The molecule has 1 fully saturated rings. The Morgan fingerprint density at radius 3 is 2.50 bits per heavy atom. The highest BCUT2D eigenvalue weighted by atomic mass is 35.5. The zero-order valence-corrected chi connectivity index (χ0v) is 18.6. The fourth-order valence-electron chi connectivity index (χ4n) is 3.06. The normalized spacial score (nSPS) is 20.5. The van der Waals surface area contributed by atoms with Crippen LogP contribution in [0.25, 0.3) is 0 Å². The zero-order chi connectivity index (χ0) is 19.4. The van der Waals surface area contributed by atoms with Gasteiger partial charge in [0.15, 0.2) is 8.32 Å². The Morgan fingerprint density at radius 2 is 1.92 bits per heavy atom. The minimum absolute atomic E-state index is 0.0362. The van der Waals surface area contributed by atoms with E-state index in [1.54, 1.807) is 0 Å². The first kappa shape index (κ1) is 21.4. The van der Waals surface area contributed by atoms with Gasteiger partial charge in [-0.1, -0.05) is 56.7 Å². The molecule has 1 aliphatic carbocycles. The van der Waals surface area contributed by atoms with Crippen LogP contribution >= 0.6 is 11.6 Å². The topological polar surface area (TPSA) is 26.3 Å². The molecule has 2 nitrogen and oxygen atoms in total. The van der Waals surface area contributed by atoms with Crippen molar-refractivity contribution < 1.29 is 9.22 Å². The molecular formula is C22H33ClO2Si. The lowest BCUT2D eigenvalue weighted by Gasteiger charge is -2.39. The van der Waals surface area contributed by atoms with E-state index in [9.17, 15) is 4.79 Å². The molecule has 0 heterocycles. The smallest absolute Gasteiger partial charge is 0.192 e. The number of benzene rings is 1. The summed E-state index contributed by atoms with van der Waals surface area (Å²) in [5.41, 5.74) is 1.22. The molecule has 0 amide bonds. The van der Waals surface area contributed by atoms with Crippen molar-refractivity contribution in [3.8, 4) is 0 Å². The molecule has 2 rings (SSSR count). The van der Waals surface area contributed by atoms with Gasteiger partial charge < -0.3 is 4.43 Å². The number of Topliss-reactive ketones (excluding diaryl/α,β-unsaturated/α-hetero) is 1. The van der Waals surface area contributed by atoms with E-state index < -0.39 is 8.32 Å².